The summed E-state index contributed by atoms with van der Waals surface area (Å²) in [5.41, 5.74) is -0.476. The zero-order valence-electron chi connectivity index (χ0n) is 11.9. The summed E-state index contributed by atoms with van der Waals surface area (Å²) in [4.78, 5) is 16.2. The molecule has 0 spiro atoms. The first-order valence-corrected chi connectivity index (χ1v) is 7.16. The van der Waals surface area contributed by atoms with Crippen molar-refractivity contribution >= 4 is 22.6 Å². The van der Waals surface area contributed by atoms with E-state index in [1.54, 1.807) is 6.92 Å². The quantitative estimate of drug-likeness (QED) is 0.661. The Bertz CT molecular complexity index is 962. The molecule has 3 rings (SSSR count). The Morgan fingerprint density at radius 1 is 1.13 bits per heavy atom. The van der Waals surface area contributed by atoms with Crippen LogP contribution in [0.25, 0.3) is 16.7 Å². The molecule has 0 aliphatic rings. The number of pyridine rings is 2. The summed E-state index contributed by atoms with van der Waals surface area (Å²) in [6.45, 7) is 1.72. The van der Waals surface area contributed by atoms with Crippen LogP contribution in [0.5, 0.6) is 0 Å². The van der Waals surface area contributed by atoms with E-state index in [2.05, 4.69) is 4.98 Å². The van der Waals surface area contributed by atoms with Crippen molar-refractivity contribution in [2.24, 2.45) is 0 Å². The summed E-state index contributed by atoms with van der Waals surface area (Å²) in [5.74, 6) is -3.22. The molecule has 0 unspecified atom stereocenters. The molecule has 0 saturated heterocycles. The number of hydrogen-bond acceptors (Lipinski definition) is 2. The largest absolute Gasteiger partial charge is 0.293 e. The van der Waals surface area contributed by atoms with Gasteiger partial charge in [0.2, 0.25) is 0 Å². The molecule has 3 aromatic rings. The van der Waals surface area contributed by atoms with Gasteiger partial charge in [-0.25, -0.2) is 18.2 Å². The van der Waals surface area contributed by atoms with E-state index in [1.807, 2.05) is 0 Å². The van der Waals surface area contributed by atoms with Gasteiger partial charge in [0.1, 0.15) is 16.7 Å². The van der Waals surface area contributed by atoms with Crippen LogP contribution in [-0.4, -0.2) is 9.55 Å². The normalized spacial score (nSPS) is 11.2. The van der Waals surface area contributed by atoms with Crippen LogP contribution in [-0.2, 0) is 6.42 Å². The van der Waals surface area contributed by atoms with Gasteiger partial charge in [-0.2, -0.15) is 0 Å². The predicted octanol–water partition coefficient (Wildman–Crippen LogP) is 4.02. The summed E-state index contributed by atoms with van der Waals surface area (Å²) < 4.78 is 42.7. The van der Waals surface area contributed by atoms with Gasteiger partial charge in [-0.15, -0.1) is 0 Å². The molecular weight excluding hydrogens is 329 g/mol. The molecule has 3 nitrogen and oxygen atoms in total. The van der Waals surface area contributed by atoms with Crippen molar-refractivity contribution in [1.82, 2.24) is 9.55 Å². The second-order valence-electron chi connectivity index (χ2n) is 4.91. The Morgan fingerprint density at radius 3 is 2.39 bits per heavy atom. The Hall–Kier alpha value is -2.34. The molecule has 1 aromatic carbocycles. The van der Waals surface area contributed by atoms with Gasteiger partial charge in [-0.1, -0.05) is 18.5 Å². The highest BCUT2D eigenvalue weighted by atomic mass is 35.5. The van der Waals surface area contributed by atoms with Crippen LogP contribution in [0.3, 0.4) is 0 Å². The first-order valence-electron chi connectivity index (χ1n) is 6.78. The zero-order valence-corrected chi connectivity index (χ0v) is 12.7. The second kappa shape index (κ2) is 5.70. The van der Waals surface area contributed by atoms with E-state index in [0.717, 1.165) is 4.57 Å². The SMILES string of the molecule is CCc1cc(=O)c2ccc(Cl)nc2n1-c1c(F)cc(F)cc1F. The molecule has 0 bridgehead atoms. The molecule has 0 saturated carbocycles. The van der Waals surface area contributed by atoms with Crippen LogP contribution in [0.2, 0.25) is 5.15 Å². The number of benzene rings is 1. The van der Waals surface area contributed by atoms with Crippen LogP contribution in [0.15, 0.2) is 35.1 Å². The first kappa shape index (κ1) is 15.6. The topological polar surface area (TPSA) is 34.9 Å². The number of hydrogen-bond donors (Lipinski definition) is 0. The lowest BCUT2D eigenvalue weighted by Gasteiger charge is -2.16. The highest BCUT2D eigenvalue weighted by Gasteiger charge is 2.19. The van der Waals surface area contributed by atoms with Gasteiger partial charge in [0.15, 0.2) is 22.7 Å². The average molecular weight is 339 g/mol. The van der Waals surface area contributed by atoms with Gasteiger partial charge in [-0.05, 0) is 18.6 Å². The van der Waals surface area contributed by atoms with Crippen LogP contribution in [0.1, 0.15) is 12.6 Å². The lowest BCUT2D eigenvalue weighted by atomic mass is 10.1. The number of aromatic nitrogens is 2. The molecule has 0 aliphatic heterocycles. The van der Waals surface area contributed by atoms with Crippen LogP contribution in [0, 0.1) is 17.5 Å². The maximum Gasteiger partial charge on any atom is 0.191 e. The lowest BCUT2D eigenvalue weighted by molar-refractivity contribution is 0.533. The number of nitrogens with zero attached hydrogens (tertiary/aromatic N) is 2. The fourth-order valence-electron chi connectivity index (χ4n) is 2.48. The van der Waals surface area contributed by atoms with Gasteiger partial charge in [0, 0.05) is 23.9 Å². The van der Waals surface area contributed by atoms with Crippen molar-refractivity contribution in [2.75, 3.05) is 0 Å². The summed E-state index contributed by atoms with van der Waals surface area (Å²) in [5, 5.41) is 0.233. The van der Waals surface area contributed by atoms with Gasteiger partial charge < -0.3 is 0 Å². The van der Waals surface area contributed by atoms with E-state index in [9.17, 15) is 18.0 Å². The third-order valence-electron chi connectivity index (χ3n) is 3.47. The fraction of sp³-hybridized carbons (Fsp3) is 0.125. The second-order valence-corrected chi connectivity index (χ2v) is 5.30. The maximum atomic E-state index is 14.2. The molecule has 0 aliphatic carbocycles. The van der Waals surface area contributed by atoms with Gasteiger partial charge >= 0.3 is 0 Å². The van der Waals surface area contributed by atoms with E-state index in [4.69, 9.17) is 11.6 Å². The molecule has 2 aromatic heterocycles. The van der Waals surface area contributed by atoms with Crippen LogP contribution < -0.4 is 5.43 Å². The van der Waals surface area contributed by atoms with E-state index in [0.29, 0.717) is 24.2 Å². The minimum atomic E-state index is -1.09. The van der Waals surface area contributed by atoms with Crippen molar-refractivity contribution in [3.05, 3.63) is 68.9 Å². The molecule has 0 atom stereocenters. The predicted molar refractivity (Wildman–Crippen MR) is 81.6 cm³/mol. The molecule has 23 heavy (non-hydrogen) atoms. The number of rotatable bonds is 2. The molecule has 0 N–H and O–H groups in total. The lowest BCUT2D eigenvalue weighted by Crippen LogP contribution is -2.16. The standard InChI is InChI=1S/C16H10ClF3N2O/c1-2-9-7-13(23)10-3-4-14(17)21-16(10)22(9)15-11(19)5-8(18)6-12(15)20/h3-7H,2H2,1H3. The number of aryl methyl sites for hydroxylation is 1. The van der Waals surface area contributed by atoms with Gasteiger partial charge in [0.25, 0.3) is 0 Å². The Kier molecular flexibility index (Phi) is 3.85. The molecule has 0 fully saturated rings. The van der Waals surface area contributed by atoms with E-state index >= 15 is 0 Å². The first-order chi connectivity index (χ1) is 10.9. The minimum Gasteiger partial charge on any atom is -0.293 e. The summed E-state index contributed by atoms with van der Waals surface area (Å²) >= 11 is 5.86. The van der Waals surface area contributed by atoms with Crippen molar-refractivity contribution in [2.45, 2.75) is 13.3 Å². The summed E-state index contributed by atoms with van der Waals surface area (Å²) in [6.07, 6.45) is 0.315. The highest BCUT2D eigenvalue weighted by Crippen LogP contribution is 2.25. The Labute approximate surface area is 134 Å². The minimum absolute atomic E-state index is 0.0197. The van der Waals surface area contributed by atoms with Gasteiger partial charge in [-0.3, -0.25) is 9.36 Å². The molecule has 2 heterocycles. The number of halogens is 4. The molecule has 0 radical (unpaired) electrons. The molecule has 7 heteroatoms. The highest BCUT2D eigenvalue weighted by molar-refractivity contribution is 6.29. The van der Waals surface area contributed by atoms with E-state index < -0.39 is 23.1 Å². The van der Waals surface area contributed by atoms with Crippen molar-refractivity contribution in [3.63, 3.8) is 0 Å². The van der Waals surface area contributed by atoms with Crippen molar-refractivity contribution in [3.8, 4) is 5.69 Å². The van der Waals surface area contributed by atoms with Crippen molar-refractivity contribution in [1.29, 1.82) is 0 Å². The summed E-state index contributed by atoms with van der Waals surface area (Å²) in [7, 11) is 0. The summed E-state index contributed by atoms with van der Waals surface area (Å²) in [6, 6.07) is 5.28. The number of fused-ring (bicyclic) bond motifs is 1. The molecule has 0 amide bonds. The Morgan fingerprint density at radius 2 is 1.78 bits per heavy atom. The zero-order chi connectivity index (χ0) is 16.7. The fourth-order valence-corrected chi connectivity index (χ4v) is 2.62. The van der Waals surface area contributed by atoms with Gasteiger partial charge in [0.05, 0.1) is 5.39 Å². The Balaban J connectivity index is 2.53. The van der Waals surface area contributed by atoms with E-state index in [-0.39, 0.29) is 21.6 Å². The third-order valence-corrected chi connectivity index (χ3v) is 3.68. The monoisotopic (exact) mass is 338 g/mol. The van der Waals surface area contributed by atoms with Crippen molar-refractivity contribution < 1.29 is 13.2 Å². The third kappa shape index (κ3) is 2.59. The average Bonchev–Trinajstić information content (AvgIpc) is 2.48. The van der Waals surface area contributed by atoms with E-state index in [1.165, 1.54) is 18.2 Å². The maximum absolute atomic E-state index is 14.2. The molecular formula is C16H10ClF3N2O. The van der Waals surface area contributed by atoms with Crippen LogP contribution in [0.4, 0.5) is 13.2 Å². The molecule has 118 valence electrons. The van der Waals surface area contributed by atoms with Crippen LogP contribution >= 0.6 is 11.6 Å². The smallest absolute Gasteiger partial charge is 0.191 e.